The molecule has 0 unspecified atom stereocenters. The number of nitrogens with two attached hydrogens (primary N) is 1. The summed E-state index contributed by atoms with van der Waals surface area (Å²) >= 11 is 7.97. The number of aromatic nitrogens is 1. The van der Waals surface area contributed by atoms with Crippen molar-refractivity contribution in [2.75, 3.05) is 11.1 Å². The van der Waals surface area contributed by atoms with Gasteiger partial charge in [0, 0.05) is 14.3 Å². The lowest BCUT2D eigenvalue weighted by atomic mass is 10.3. The van der Waals surface area contributed by atoms with E-state index in [1.165, 1.54) is 11.3 Å². The molecule has 4 nitrogen and oxygen atoms in total. The van der Waals surface area contributed by atoms with E-state index in [-0.39, 0.29) is 5.91 Å². The van der Waals surface area contributed by atoms with Crippen LogP contribution in [0.1, 0.15) is 10.5 Å². The highest BCUT2D eigenvalue weighted by Crippen LogP contribution is 2.30. The summed E-state index contributed by atoms with van der Waals surface area (Å²) in [4.78, 5) is 15.8. The lowest BCUT2D eigenvalue weighted by molar-refractivity contribution is 0.102. The van der Waals surface area contributed by atoms with Gasteiger partial charge in [0.25, 0.3) is 5.91 Å². The maximum absolute atomic E-state index is 11.9. The first-order valence-corrected chi connectivity index (χ1v) is 7.01. The fourth-order valence-electron chi connectivity index (χ4n) is 1.19. The first-order chi connectivity index (χ1) is 8.08. The Bertz CT molecular complexity index is 550. The summed E-state index contributed by atoms with van der Waals surface area (Å²) in [7, 11) is 0. The number of para-hydroxylation sites is 1. The Labute approximate surface area is 118 Å². The number of carbonyl (C=O) groups is 1. The predicted molar refractivity (Wildman–Crippen MR) is 76.3 cm³/mol. The Kier molecular flexibility index (Phi) is 3.80. The standard InChI is InChI=1S/C10H7Br2N3OS/c11-5-2-1-3-6(12)8(5)15-9(16)7-4-17-10(13)14-7/h1-4H,(H2,13,14)(H,15,16). The van der Waals surface area contributed by atoms with Gasteiger partial charge in [-0.2, -0.15) is 0 Å². The maximum Gasteiger partial charge on any atom is 0.275 e. The van der Waals surface area contributed by atoms with Gasteiger partial charge in [-0.3, -0.25) is 4.79 Å². The molecule has 1 aromatic heterocycles. The van der Waals surface area contributed by atoms with Crippen LogP contribution in [0.3, 0.4) is 0 Å². The van der Waals surface area contributed by atoms with E-state index in [1.54, 1.807) is 5.38 Å². The van der Waals surface area contributed by atoms with E-state index in [4.69, 9.17) is 5.73 Å². The van der Waals surface area contributed by atoms with Crippen molar-refractivity contribution in [2.45, 2.75) is 0 Å². The summed E-state index contributed by atoms with van der Waals surface area (Å²) in [5, 5.41) is 4.76. The minimum atomic E-state index is -0.287. The smallest absolute Gasteiger partial charge is 0.275 e. The lowest BCUT2D eigenvalue weighted by Crippen LogP contribution is -2.13. The number of hydrogen-bond donors (Lipinski definition) is 2. The summed E-state index contributed by atoms with van der Waals surface area (Å²) in [6, 6.07) is 5.55. The molecular formula is C10H7Br2N3OS. The van der Waals surface area contributed by atoms with Crippen molar-refractivity contribution in [1.29, 1.82) is 0 Å². The van der Waals surface area contributed by atoms with E-state index < -0.39 is 0 Å². The van der Waals surface area contributed by atoms with E-state index in [0.29, 0.717) is 16.5 Å². The quantitative estimate of drug-likeness (QED) is 0.842. The Morgan fingerprint density at radius 3 is 2.53 bits per heavy atom. The predicted octanol–water partition coefficient (Wildman–Crippen LogP) is 3.50. The minimum Gasteiger partial charge on any atom is -0.375 e. The number of thiazole rings is 1. The molecule has 0 aliphatic carbocycles. The second-order valence-electron chi connectivity index (χ2n) is 3.12. The molecule has 2 rings (SSSR count). The fraction of sp³-hybridized carbons (Fsp3) is 0. The number of nitrogens with one attached hydrogen (secondary N) is 1. The number of anilines is 2. The van der Waals surface area contributed by atoms with Crippen LogP contribution in [-0.2, 0) is 0 Å². The molecule has 0 aliphatic heterocycles. The third-order valence-corrected chi connectivity index (χ3v) is 3.95. The summed E-state index contributed by atoms with van der Waals surface area (Å²) in [5.41, 5.74) is 6.46. The van der Waals surface area contributed by atoms with Gasteiger partial charge < -0.3 is 11.1 Å². The van der Waals surface area contributed by atoms with Crippen molar-refractivity contribution in [3.8, 4) is 0 Å². The topological polar surface area (TPSA) is 68.0 Å². The van der Waals surface area contributed by atoms with E-state index in [0.717, 1.165) is 8.95 Å². The third kappa shape index (κ3) is 2.85. The molecule has 0 aliphatic rings. The molecule has 0 bridgehead atoms. The molecule has 1 amide bonds. The SMILES string of the molecule is Nc1nc(C(=O)Nc2c(Br)cccc2Br)cs1. The van der Waals surface area contributed by atoms with Gasteiger partial charge in [0.2, 0.25) is 0 Å². The molecule has 1 aromatic carbocycles. The molecule has 0 atom stereocenters. The largest absolute Gasteiger partial charge is 0.375 e. The highest BCUT2D eigenvalue weighted by atomic mass is 79.9. The normalized spacial score (nSPS) is 10.2. The Morgan fingerprint density at radius 2 is 2.00 bits per heavy atom. The second-order valence-corrected chi connectivity index (χ2v) is 5.72. The van der Waals surface area contributed by atoms with E-state index in [2.05, 4.69) is 42.2 Å². The molecular weight excluding hydrogens is 370 g/mol. The molecule has 7 heteroatoms. The van der Waals surface area contributed by atoms with Crippen LogP contribution in [-0.4, -0.2) is 10.9 Å². The van der Waals surface area contributed by atoms with Gasteiger partial charge in [-0.15, -0.1) is 11.3 Å². The first kappa shape index (κ1) is 12.5. The van der Waals surface area contributed by atoms with Gasteiger partial charge in [0.05, 0.1) is 5.69 Å². The van der Waals surface area contributed by atoms with Crippen molar-refractivity contribution < 1.29 is 4.79 Å². The van der Waals surface area contributed by atoms with E-state index in [9.17, 15) is 4.79 Å². The molecule has 88 valence electrons. The van der Waals surface area contributed by atoms with Crippen LogP contribution >= 0.6 is 43.2 Å². The highest BCUT2D eigenvalue weighted by Gasteiger charge is 2.13. The number of rotatable bonds is 2. The maximum atomic E-state index is 11.9. The van der Waals surface area contributed by atoms with Crippen LogP contribution in [0.2, 0.25) is 0 Å². The molecule has 0 spiro atoms. The zero-order valence-corrected chi connectivity index (χ0v) is 12.4. The fourth-order valence-corrected chi connectivity index (χ4v) is 2.93. The number of hydrogen-bond acceptors (Lipinski definition) is 4. The third-order valence-electron chi connectivity index (χ3n) is 1.96. The Balaban J connectivity index is 2.24. The number of benzene rings is 1. The number of nitrogen functional groups attached to an aromatic ring is 1. The zero-order valence-electron chi connectivity index (χ0n) is 8.41. The second kappa shape index (κ2) is 5.16. The molecule has 3 N–H and O–H groups in total. The average molecular weight is 377 g/mol. The Hall–Kier alpha value is -0.920. The number of amides is 1. The van der Waals surface area contributed by atoms with Crippen molar-refractivity contribution in [1.82, 2.24) is 4.98 Å². The number of carbonyl (C=O) groups excluding carboxylic acids is 1. The average Bonchev–Trinajstić information content (AvgIpc) is 2.70. The molecule has 0 saturated carbocycles. The van der Waals surface area contributed by atoms with Crippen LogP contribution in [0.25, 0.3) is 0 Å². The van der Waals surface area contributed by atoms with Crippen LogP contribution in [0.4, 0.5) is 10.8 Å². The van der Waals surface area contributed by atoms with E-state index >= 15 is 0 Å². The summed E-state index contributed by atoms with van der Waals surface area (Å²) in [6.45, 7) is 0. The van der Waals surface area contributed by atoms with Crippen molar-refractivity contribution in [2.24, 2.45) is 0 Å². The first-order valence-electron chi connectivity index (χ1n) is 4.54. The number of nitrogens with zero attached hydrogens (tertiary/aromatic N) is 1. The highest BCUT2D eigenvalue weighted by molar-refractivity contribution is 9.11. The van der Waals surface area contributed by atoms with Gasteiger partial charge in [0.15, 0.2) is 5.13 Å². The molecule has 2 aromatic rings. The van der Waals surface area contributed by atoms with Gasteiger partial charge in [0.1, 0.15) is 5.69 Å². The molecule has 1 heterocycles. The molecule has 0 saturated heterocycles. The van der Waals surface area contributed by atoms with Crippen LogP contribution in [0, 0.1) is 0 Å². The molecule has 17 heavy (non-hydrogen) atoms. The van der Waals surface area contributed by atoms with Crippen molar-refractivity contribution >= 4 is 59.9 Å². The summed E-state index contributed by atoms with van der Waals surface area (Å²) in [5.74, 6) is -0.287. The van der Waals surface area contributed by atoms with E-state index in [1.807, 2.05) is 18.2 Å². The van der Waals surface area contributed by atoms with Gasteiger partial charge in [-0.1, -0.05) is 6.07 Å². The monoisotopic (exact) mass is 375 g/mol. The minimum absolute atomic E-state index is 0.287. The molecule has 0 radical (unpaired) electrons. The van der Waals surface area contributed by atoms with Crippen LogP contribution in [0.5, 0.6) is 0 Å². The van der Waals surface area contributed by atoms with Crippen molar-refractivity contribution in [3.05, 3.63) is 38.2 Å². The van der Waals surface area contributed by atoms with Crippen molar-refractivity contribution in [3.63, 3.8) is 0 Å². The van der Waals surface area contributed by atoms with Gasteiger partial charge in [-0.25, -0.2) is 4.98 Å². The van der Waals surface area contributed by atoms with Crippen LogP contribution < -0.4 is 11.1 Å². The summed E-state index contributed by atoms with van der Waals surface area (Å²) in [6.07, 6.45) is 0. The number of halogens is 2. The molecule has 0 fully saturated rings. The lowest BCUT2D eigenvalue weighted by Gasteiger charge is -2.07. The van der Waals surface area contributed by atoms with Crippen LogP contribution in [0.15, 0.2) is 32.5 Å². The van der Waals surface area contributed by atoms with Gasteiger partial charge >= 0.3 is 0 Å². The summed E-state index contributed by atoms with van der Waals surface area (Å²) < 4.78 is 1.59. The van der Waals surface area contributed by atoms with Gasteiger partial charge in [-0.05, 0) is 44.0 Å². The zero-order chi connectivity index (χ0) is 12.4. The Morgan fingerprint density at radius 1 is 1.35 bits per heavy atom.